The van der Waals surface area contributed by atoms with E-state index in [1.54, 1.807) is 16.9 Å². The Balaban J connectivity index is 1.79. The maximum atomic E-state index is 12.4. The first-order chi connectivity index (χ1) is 12.1. The molecule has 0 spiro atoms. The molecule has 2 aromatic heterocycles. The topological polar surface area (TPSA) is 69.0 Å². The lowest BCUT2D eigenvalue weighted by Crippen LogP contribution is -2.17. The average molecular weight is 356 g/mol. The van der Waals surface area contributed by atoms with Crippen molar-refractivity contribution in [1.82, 2.24) is 14.8 Å². The molecular formula is C18H20N4O2S. The minimum absolute atomic E-state index is 0.202. The van der Waals surface area contributed by atoms with Gasteiger partial charge < -0.3 is 4.74 Å². The molecule has 1 N–H and O–H groups in total. The van der Waals surface area contributed by atoms with Crippen molar-refractivity contribution in [3.63, 3.8) is 0 Å². The zero-order chi connectivity index (χ0) is 17.8. The van der Waals surface area contributed by atoms with E-state index in [2.05, 4.69) is 15.4 Å². The van der Waals surface area contributed by atoms with Crippen LogP contribution in [0.15, 0.2) is 36.5 Å². The monoisotopic (exact) mass is 356 g/mol. The number of carbonyl (C=O) groups excluding carboxylic acids is 1. The fourth-order valence-electron chi connectivity index (χ4n) is 2.53. The highest BCUT2D eigenvalue weighted by Crippen LogP contribution is 2.31. The molecule has 1 aromatic carbocycles. The van der Waals surface area contributed by atoms with Gasteiger partial charge in [-0.15, -0.1) is 11.3 Å². The Labute approximate surface area is 150 Å². The van der Waals surface area contributed by atoms with Gasteiger partial charge in [0, 0.05) is 23.2 Å². The summed E-state index contributed by atoms with van der Waals surface area (Å²) < 4.78 is 7.12. The number of anilines is 1. The first kappa shape index (κ1) is 17.2. The second-order valence-electron chi connectivity index (χ2n) is 5.37. The molecule has 0 saturated carbocycles. The van der Waals surface area contributed by atoms with Gasteiger partial charge in [0.1, 0.15) is 11.4 Å². The summed E-state index contributed by atoms with van der Waals surface area (Å²) >= 11 is 1.46. The number of aryl methyl sites for hydroxylation is 2. The zero-order valence-electron chi connectivity index (χ0n) is 14.4. The molecule has 2 heterocycles. The molecule has 0 atom stereocenters. The van der Waals surface area contributed by atoms with Crippen molar-refractivity contribution in [3.8, 4) is 17.0 Å². The zero-order valence-corrected chi connectivity index (χ0v) is 15.3. The Bertz CT molecular complexity index is 868. The lowest BCUT2D eigenvalue weighted by molar-refractivity contribution is 0.101. The molecule has 7 heteroatoms. The molecule has 0 aliphatic heterocycles. The van der Waals surface area contributed by atoms with E-state index in [0.29, 0.717) is 24.0 Å². The lowest BCUT2D eigenvalue weighted by Gasteiger charge is -2.04. The van der Waals surface area contributed by atoms with E-state index in [0.717, 1.165) is 21.9 Å². The number of carbonyl (C=O) groups is 1. The molecule has 0 radical (unpaired) electrons. The van der Waals surface area contributed by atoms with E-state index >= 15 is 0 Å². The Kier molecular flexibility index (Phi) is 5.14. The molecule has 0 aliphatic carbocycles. The molecule has 6 nitrogen and oxygen atoms in total. The number of nitrogens with zero attached hydrogens (tertiary/aromatic N) is 3. The van der Waals surface area contributed by atoms with Gasteiger partial charge in [0.25, 0.3) is 5.91 Å². The smallest absolute Gasteiger partial charge is 0.275 e. The van der Waals surface area contributed by atoms with Gasteiger partial charge in [-0.1, -0.05) is 0 Å². The summed E-state index contributed by atoms with van der Waals surface area (Å²) in [5.41, 5.74) is 2.39. The van der Waals surface area contributed by atoms with Crippen molar-refractivity contribution < 1.29 is 9.53 Å². The van der Waals surface area contributed by atoms with Crippen LogP contribution in [0.1, 0.15) is 29.2 Å². The summed E-state index contributed by atoms with van der Waals surface area (Å²) in [6, 6.07) is 9.51. The van der Waals surface area contributed by atoms with Gasteiger partial charge >= 0.3 is 0 Å². The predicted octanol–water partition coefficient (Wildman–Crippen LogP) is 3.99. The maximum Gasteiger partial charge on any atom is 0.275 e. The van der Waals surface area contributed by atoms with Crippen molar-refractivity contribution in [2.45, 2.75) is 27.3 Å². The van der Waals surface area contributed by atoms with Crippen LogP contribution in [0.2, 0.25) is 0 Å². The van der Waals surface area contributed by atoms with Gasteiger partial charge in [-0.3, -0.25) is 14.8 Å². The average Bonchev–Trinajstić information content (AvgIpc) is 3.22. The van der Waals surface area contributed by atoms with Crippen LogP contribution < -0.4 is 10.1 Å². The standard InChI is InChI=1S/C18H20N4O2S/c1-4-22-15(10-11-19-22)17(23)21-18-20-16(12(3)25-18)13-6-8-14(9-7-13)24-5-2/h6-11H,4-5H2,1-3H3,(H,20,21,23). The van der Waals surface area contributed by atoms with Crippen LogP contribution in [0.4, 0.5) is 5.13 Å². The Morgan fingerprint density at radius 3 is 2.68 bits per heavy atom. The molecule has 0 bridgehead atoms. The molecule has 0 unspecified atom stereocenters. The summed E-state index contributed by atoms with van der Waals surface area (Å²) in [7, 11) is 0. The van der Waals surface area contributed by atoms with Crippen LogP contribution in [-0.2, 0) is 6.54 Å². The summed E-state index contributed by atoms with van der Waals surface area (Å²) in [5.74, 6) is 0.631. The molecule has 3 rings (SSSR count). The number of rotatable bonds is 6. The highest BCUT2D eigenvalue weighted by molar-refractivity contribution is 7.16. The van der Waals surface area contributed by atoms with Crippen LogP contribution >= 0.6 is 11.3 Å². The molecular weight excluding hydrogens is 336 g/mol. The summed E-state index contributed by atoms with van der Waals surface area (Å²) in [6.07, 6.45) is 1.62. The summed E-state index contributed by atoms with van der Waals surface area (Å²) in [6.45, 7) is 7.18. The Hall–Kier alpha value is -2.67. The lowest BCUT2D eigenvalue weighted by atomic mass is 10.1. The quantitative estimate of drug-likeness (QED) is 0.725. The fourth-order valence-corrected chi connectivity index (χ4v) is 3.36. The molecule has 25 heavy (non-hydrogen) atoms. The van der Waals surface area contributed by atoms with Gasteiger partial charge in [0.2, 0.25) is 0 Å². The van der Waals surface area contributed by atoms with E-state index in [-0.39, 0.29) is 5.91 Å². The number of aromatic nitrogens is 3. The van der Waals surface area contributed by atoms with E-state index in [4.69, 9.17) is 4.74 Å². The molecule has 3 aromatic rings. The molecule has 0 aliphatic rings. The molecule has 130 valence electrons. The third-order valence-corrected chi connectivity index (χ3v) is 4.59. The molecule has 0 saturated heterocycles. The van der Waals surface area contributed by atoms with Crippen molar-refractivity contribution in [1.29, 1.82) is 0 Å². The van der Waals surface area contributed by atoms with Gasteiger partial charge in [-0.2, -0.15) is 5.10 Å². The van der Waals surface area contributed by atoms with Crippen molar-refractivity contribution in [2.24, 2.45) is 0 Å². The van der Waals surface area contributed by atoms with Gasteiger partial charge in [-0.05, 0) is 51.1 Å². The highest BCUT2D eigenvalue weighted by atomic mass is 32.1. The van der Waals surface area contributed by atoms with Gasteiger partial charge in [-0.25, -0.2) is 4.98 Å². The van der Waals surface area contributed by atoms with Crippen LogP contribution in [0.3, 0.4) is 0 Å². The number of hydrogen-bond acceptors (Lipinski definition) is 5. The summed E-state index contributed by atoms with van der Waals surface area (Å²) in [5, 5.41) is 7.56. The minimum Gasteiger partial charge on any atom is -0.494 e. The van der Waals surface area contributed by atoms with E-state index in [1.807, 2.05) is 45.0 Å². The third-order valence-electron chi connectivity index (χ3n) is 3.70. The van der Waals surface area contributed by atoms with Gasteiger partial charge in [0.15, 0.2) is 5.13 Å². The van der Waals surface area contributed by atoms with Crippen LogP contribution in [0.25, 0.3) is 11.3 Å². The fraction of sp³-hybridized carbons (Fsp3) is 0.278. The van der Waals surface area contributed by atoms with Crippen LogP contribution in [-0.4, -0.2) is 27.3 Å². The van der Waals surface area contributed by atoms with Gasteiger partial charge in [0.05, 0.1) is 12.3 Å². The normalized spacial score (nSPS) is 10.7. The first-order valence-electron chi connectivity index (χ1n) is 8.16. The number of amides is 1. The van der Waals surface area contributed by atoms with E-state index < -0.39 is 0 Å². The Morgan fingerprint density at radius 1 is 1.24 bits per heavy atom. The van der Waals surface area contributed by atoms with Crippen LogP contribution in [0.5, 0.6) is 5.75 Å². The molecule has 0 fully saturated rings. The predicted molar refractivity (Wildman–Crippen MR) is 99.3 cm³/mol. The second kappa shape index (κ2) is 7.48. The van der Waals surface area contributed by atoms with Crippen molar-refractivity contribution >= 4 is 22.4 Å². The third kappa shape index (κ3) is 3.71. The van der Waals surface area contributed by atoms with Crippen molar-refractivity contribution in [3.05, 3.63) is 47.1 Å². The number of thiazole rings is 1. The van der Waals surface area contributed by atoms with E-state index in [1.165, 1.54) is 11.3 Å². The first-order valence-corrected chi connectivity index (χ1v) is 8.97. The second-order valence-corrected chi connectivity index (χ2v) is 6.57. The highest BCUT2D eigenvalue weighted by Gasteiger charge is 2.15. The van der Waals surface area contributed by atoms with Crippen molar-refractivity contribution in [2.75, 3.05) is 11.9 Å². The maximum absolute atomic E-state index is 12.4. The minimum atomic E-state index is -0.202. The SMILES string of the molecule is CCOc1ccc(-c2nc(NC(=O)c3ccnn3CC)sc2C)cc1. The number of benzene rings is 1. The number of nitrogens with one attached hydrogen (secondary N) is 1. The molecule has 1 amide bonds. The van der Waals surface area contributed by atoms with Crippen LogP contribution in [0, 0.1) is 6.92 Å². The number of hydrogen-bond donors (Lipinski definition) is 1. The van der Waals surface area contributed by atoms with E-state index in [9.17, 15) is 4.79 Å². The summed E-state index contributed by atoms with van der Waals surface area (Å²) in [4.78, 5) is 18.0. The Morgan fingerprint density at radius 2 is 2.00 bits per heavy atom. The number of ether oxygens (including phenoxy) is 1. The largest absolute Gasteiger partial charge is 0.494 e.